The fraction of sp³-hybridized carbons (Fsp3) is 0.889. The summed E-state index contributed by atoms with van der Waals surface area (Å²) < 4.78 is 49.1. The van der Waals surface area contributed by atoms with Crippen LogP contribution < -0.4 is 0 Å². The molecule has 0 radical (unpaired) electrons. The summed E-state index contributed by atoms with van der Waals surface area (Å²) in [6.07, 6.45) is -19.0. The van der Waals surface area contributed by atoms with Crippen LogP contribution in [0.1, 0.15) is 127 Å². The molecule has 21 heteroatoms. The standard InChI is InChI=1S/C54H84O21/c1-23-34(58)27(57)18-33(68-23)71-32-20-49(3,4)19-26-25-10-11-30-51(6)14-13-31(52(7,22-56)29(51)12-15-54(30,9)53(25,8)17-16-50(26,32)5)72-48-44(40(64)39(63)42(73-48)45(66)67)75-47-43(38(62)36(60)28(21-55)70-47)74-46-41(65)37(61)35(59)24(2)69-46/h10,24,26,28-33,35-44,46-48,55-56,58-65H,11-22H2,1-9H3,(H,66,67)/t24-,26-,28+,29+,30+,31-,32+,33?,35-,36-,37+,38-,39-,40-,41+,42-,43+,44+,46-,47-,48+,50+,51-,52+,53+,54+/m0/s1. The van der Waals surface area contributed by atoms with Gasteiger partial charge in [0.15, 0.2) is 30.7 Å². The van der Waals surface area contributed by atoms with E-state index in [0.29, 0.717) is 12.8 Å². The smallest absolute Gasteiger partial charge is 0.335 e. The lowest BCUT2D eigenvalue weighted by Gasteiger charge is -2.72. The van der Waals surface area contributed by atoms with E-state index in [2.05, 4.69) is 47.6 Å². The molecule has 0 spiro atoms. The maximum Gasteiger partial charge on any atom is 0.335 e. The Morgan fingerprint density at radius 2 is 1.35 bits per heavy atom. The fourth-order valence-electron chi connectivity index (χ4n) is 16.3. The van der Waals surface area contributed by atoms with Gasteiger partial charge in [0, 0.05) is 10.8 Å². The molecule has 5 aliphatic carbocycles. The van der Waals surface area contributed by atoms with Crippen LogP contribution in [0.2, 0.25) is 0 Å². The highest BCUT2D eigenvalue weighted by Crippen LogP contribution is 2.76. The maximum atomic E-state index is 12.7. The third kappa shape index (κ3) is 9.25. The van der Waals surface area contributed by atoms with E-state index in [1.54, 1.807) is 6.92 Å². The maximum absolute atomic E-state index is 12.7. The average Bonchev–Trinajstić information content (AvgIpc) is 3.35. The molecule has 9 rings (SSSR count). The van der Waals surface area contributed by atoms with E-state index in [0.717, 1.165) is 44.9 Å². The Balaban J connectivity index is 0.980. The number of carbonyl (C=O) groups excluding carboxylic acids is 1. The summed E-state index contributed by atoms with van der Waals surface area (Å²) >= 11 is 0. The molecule has 0 aromatic rings. The third-order valence-electron chi connectivity index (χ3n) is 21.0. The van der Waals surface area contributed by atoms with Gasteiger partial charge in [-0.15, -0.1) is 0 Å². The highest BCUT2D eigenvalue weighted by Gasteiger charge is 2.70. The molecule has 9 aliphatic rings. The number of ketones is 1. The monoisotopic (exact) mass is 1070 g/mol. The second kappa shape index (κ2) is 20.3. The average molecular weight is 1070 g/mol. The number of carbonyl (C=O) groups is 2. The number of allylic oxidation sites excluding steroid dienone is 4. The second-order valence-electron chi connectivity index (χ2n) is 25.8. The van der Waals surface area contributed by atoms with Crippen LogP contribution in [0.4, 0.5) is 0 Å². The van der Waals surface area contributed by atoms with Gasteiger partial charge in [0.05, 0.1) is 37.9 Å². The van der Waals surface area contributed by atoms with Gasteiger partial charge < -0.3 is 94.1 Å². The lowest BCUT2D eigenvalue weighted by molar-refractivity contribution is -0.396. The molecule has 0 aromatic carbocycles. The predicted molar refractivity (Wildman–Crippen MR) is 259 cm³/mol. The summed E-state index contributed by atoms with van der Waals surface area (Å²) in [5, 5.41) is 119. The van der Waals surface area contributed by atoms with Crippen molar-refractivity contribution < 1.29 is 104 Å². The Hall–Kier alpha value is -2.42. The molecule has 0 bridgehead atoms. The van der Waals surface area contributed by atoms with Gasteiger partial charge in [0.25, 0.3) is 0 Å². The van der Waals surface area contributed by atoms with Crippen LogP contribution in [-0.2, 0) is 47.5 Å². The minimum absolute atomic E-state index is 0.0493. The van der Waals surface area contributed by atoms with Crippen molar-refractivity contribution in [1.82, 2.24) is 0 Å². The van der Waals surface area contributed by atoms with E-state index in [9.17, 15) is 65.8 Å². The largest absolute Gasteiger partial charge is 0.502 e. The normalized spacial score (nSPS) is 52.9. The molecule has 0 aromatic heterocycles. The molecule has 21 nitrogen and oxygen atoms in total. The number of hydrogen-bond donors (Lipinski definition) is 11. The van der Waals surface area contributed by atoms with Gasteiger partial charge in [-0.2, -0.15) is 0 Å². The quantitative estimate of drug-likeness (QED) is 0.104. The first-order valence-electron chi connectivity index (χ1n) is 27.1. The Labute approximate surface area is 438 Å². The minimum atomic E-state index is -2.09. The number of aliphatic carboxylic acids is 1. The molecule has 26 atom stereocenters. The molecule has 7 fully saturated rings. The summed E-state index contributed by atoms with van der Waals surface area (Å²) in [5.41, 5.74) is -0.538. The molecular weight excluding hydrogens is 985 g/mol. The van der Waals surface area contributed by atoms with Crippen molar-refractivity contribution in [2.75, 3.05) is 13.2 Å². The van der Waals surface area contributed by atoms with Gasteiger partial charge in [-0.25, -0.2) is 4.79 Å². The molecule has 4 aliphatic heterocycles. The minimum Gasteiger partial charge on any atom is -0.502 e. The molecule has 75 heavy (non-hydrogen) atoms. The van der Waals surface area contributed by atoms with Gasteiger partial charge >= 0.3 is 5.97 Å². The van der Waals surface area contributed by atoms with E-state index >= 15 is 0 Å². The van der Waals surface area contributed by atoms with Crippen LogP contribution in [0.3, 0.4) is 0 Å². The number of hydrogen-bond acceptors (Lipinski definition) is 20. The van der Waals surface area contributed by atoms with Crippen LogP contribution in [0.25, 0.3) is 0 Å². The highest BCUT2D eigenvalue weighted by atomic mass is 16.8. The highest BCUT2D eigenvalue weighted by molar-refractivity contribution is 5.94. The fourth-order valence-corrected chi connectivity index (χ4v) is 16.3. The van der Waals surface area contributed by atoms with Crippen molar-refractivity contribution in [3.05, 3.63) is 23.2 Å². The lowest BCUT2D eigenvalue weighted by Crippen LogP contribution is -2.68. The van der Waals surface area contributed by atoms with E-state index < -0.39 is 123 Å². The molecule has 4 saturated carbocycles. The number of Topliss-reactive ketones (excluding diaryl/α,β-unsaturated/α-hetero) is 1. The third-order valence-corrected chi connectivity index (χ3v) is 21.0. The van der Waals surface area contributed by atoms with Crippen molar-refractivity contribution in [1.29, 1.82) is 0 Å². The van der Waals surface area contributed by atoms with Crippen molar-refractivity contribution in [3.63, 3.8) is 0 Å². The zero-order valence-electron chi connectivity index (χ0n) is 44.7. The molecular formula is C54H84O21. The van der Waals surface area contributed by atoms with Crippen LogP contribution in [0, 0.1) is 50.2 Å². The summed E-state index contributed by atoms with van der Waals surface area (Å²) in [5.74, 6) is -1.94. The molecule has 3 saturated heterocycles. The van der Waals surface area contributed by atoms with Gasteiger partial charge in [-0.1, -0.05) is 60.1 Å². The first kappa shape index (κ1) is 57.3. The Kier molecular flexibility index (Phi) is 15.5. The summed E-state index contributed by atoms with van der Waals surface area (Å²) in [7, 11) is 0. The van der Waals surface area contributed by atoms with Crippen LogP contribution in [0.15, 0.2) is 23.2 Å². The number of rotatable bonds is 11. The van der Waals surface area contributed by atoms with Gasteiger partial charge in [-0.3, -0.25) is 4.79 Å². The van der Waals surface area contributed by atoms with Gasteiger partial charge in [-0.05, 0) is 111 Å². The van der Waals surface area contributed by atoms with Gasteiger partial charge in [0.1, 0.15) is 66.8 Å². The number of aliphatic hydroxyl groups excluding tert-OH is 10. The molecule has 1 unspecified atom stereocenters. The predicted octanol–water partition coefficient (Wildman–Crippen LogP) is 1.83. The number of ether oxygens (including phenoxy) is 8. The SMILES string of the molecule is CC1=C(O)C(=O)CC(O[C@@H]2CC(C)(C)C[C@H]3C4=CC[C@@H]5[C@@]6(C)CC[C@H](O[C@@H]7O[C@H](C(=O)O)[C@@H](O)[C@H](O)[C@H]7O[C@@H]7O[C@H](CO)[C@H](O)[C@H](O)[C@H]7O[C@@H]7O[C@@H](C)[C@H](O)[C@@H](O)[C@H]7O)[C@](C)(CO)[C@@H]6CC[C@@]5(C)[C@]4(C)CC[C@@]23C)O1. The van der Waals surface area contributed by atoms with E-state index in [-0.39, 0.29) is 81.3 Å². The van der Waals surface area contributed by atoms with E-state index in [1.807, 2.05) is 6.92 Å². The zero-order chi connectivity index (χ0) is 54.9. The van der Waals surface area contributed by atoms with Crippen molar-refractivity contribution >= 4 is 11.8 Å². The Bertz CT molecular complexity index is 2210. The Morgan fingerprint density at radius 3 is 1.99 bits per heavy atom. The molecule has 4 heterocycles. The van der Waals surface area contributed by atoms with E-state index in [1.165, 1.54) is 12.5 Å². The van der Waals surface area contributed by atoms with Crippen molar-refractivity contribution in [3.8, 4) is 0 Å². The molecule has 426 valence electrons. The summed E-state index contributed by atoms with van der Waals surface area (Å²) in [6.45, 7) is 17.9. The van der Waals surface area contributed by atoms with Crippen LogP contribution >= 0.6 is 0 Å². The van der Waals surface area contributed by atoms with Crippen LogP contribution in [-0.4, -0.2) is 192 Å². The lowest BCUT2D eigenvalue weighted by atomic mass is 9.33. The molecule has 11 N–H and O–H groups in total. The van der Waals surface area contributed by atoms with Crippen molar-refractivity contribution in [2.24, 2.45) is 50.2 Å². The van der Waals surface area contributed by atoms with Crippen LogP contribution in [0.5, 0.6) is 0 Å². The first-order valence-corrected chi connectivity index (χ1v) is 27.1. The number of fused-ring (bicyclic) bond motifs is 7. The number of carboxylic acids is 1. The Morgan fingerprint density at radius 1 is 0.693 bits per heavy atom. The summed E-state index contributed by atoms with van der Waals surface area (Å²) in [4.78, 5) is 25.3. The zero-order valence-corrected chi connectivity index (χ0v) is 44.7. The number of aliphatic hydroxyl groups is 10. The topological polar surface area (TPSA) is 331 Å². The number of carboxylic acid groups (broad SMARTS) is 1. The second-order valence-corrected chi connectivity index (χ2v) is 25.8. The van der Waals surface area contributed by atoms with Gasteiger partial charge in [0.2, 0.25) is 12.1 Å². The summed E-state index contributed by atoms with van der Waals surface area (Å²) in [6, 6.07) is 0. The van der Waals surface area contributed by atoms with E-state index in [4.69, 9.17) is 37.9 Å². The van der Waals surface area contributed by atoms with Crippen molar-refractivity contribution in [2.45, 2.75) is 237 Å². The molecule has 0 amide bonds. The first-order chi connectivity index (χ1) is 35.0.